The highest BCUT2D eigenvalue weighted by atomic mass is 79.9. The monoisotopic (exact) mass is 317 g/mol. The second kappa shape index (κ2) is 8.14. The van der Waals surface area contributed by atoms with E-state index in [1.54, 1.807) is 7.11 Å². The minimum atomic E-state index is 0.599. The van der Waals surface area contributed by atoms with Gasteiger partial charge in [-0.25, -0.2) is 0 Å². The topological polar surface area (TPSA) is 21.3 Å². The van der Waals surface area contributed by atoms with Crippen LogP contribution in [-0.4, -0.2) is 25.5 Å². The average Bonchev–Trinajstić information content (AvgIpc) is 2.26. The van der Waals surface area contributed by atoms with Crippen LogP contribution in [-0.2, 0) is 11.3 Å². The molecule has 0 heterocycles. The molecule has 0 atom stereocenters. The van der Waals surface area contributed by atoms with E-state index in [1.165, 1.54) is 10.5 Å². The first kappa shape index (κ1) is 15.0. The second-order valence-corrected chi connectivity index (χ2v) is 6.62. The lowest BCUT2D eigenvalue weighted by Gasteiger charge is -2.12. The number of rotatable bonds is 7. The molecule has 96 valence electrons. The third-order valence-corrected chi connectivity index (χ3v) is 3.79. The van der Waals surface area contributed by atoms with Crippen LogP contribution in [0.5, 0.6) is 0 Å². The maximum absolute atomic E-state index is 5.02. The molecule has 1 N–H and O–H groups in total. The molecule has 0 spiro atoms. The van der Waals surface area contributed by atoms with Crippen LogP contribution in [0.4, 0.5) is 0 Å². The summed E-state index contributed by atoms with van der Waals surface area (Å²) in [6.07, 6.45) is 0. The summed E-state index contributed by atoms with van der Waals surface area (Å²) < 4.78 is 6.16. The highest BCUT2D eigenvalue weighted by molar-refractivity contribution is 9.10. The standard InChI is InChI=1S/C13H20BrNOS/c1-10(2)17-13-8-12(14)5-4-11(13)9-15-6-7-16-3/h4-5,8,10,15H,6-7,9H2,1-3H3. The molecule has 0 bridgehead atoms. The predicted molar refractivity (Wildman–Crippen MR) is 78.7 cm³/mol. The van der Waals surface area contributed by atoms with Gasteiger partial charge in [0.2, 0.25) is 0 Å². The molecule has 0 fully saturated rings. The lowest BCUT2D eigenvalue weighted by atomic mass is 10.2. The average molecular weight is 318 g/mol. The van der Waals surface area contributed by atoms with Gasteiger partial charge < -0.3 is 10.1 Å². The molecule has 0 saturated heterocycles. The van der Waals surface area contributed by atoms with Gasteiger partial charge in [-0.3, -0.25) is 0 Å². The molecule has 1 aromatic rings. The normalized spacial score (nSPS) is 11.1. The second-order valence-electron chi connectivity index (χ2n) is 4.09. The fraction of sp³-hybridized carbons (Fsp3) is 0.538. The molecular weight excluding hydrogens is 298 g/mol. The van der Waals surface area contributed by atoms with Crippen LogP contribution in [0.15, 0.2) is 27.6 Å². The van der Waals surface area contributed by atoms with Crippen LogP contribution in [0.3, 0.4) is 0 Å². The third-order valence-electron chi connectivity index (χ3n) is 2.19. The molecule has 1 aromatic carbocycles. The highest BCUT2D eigenvalue weighted by Gasteiger charge is 2.06. The predicted octanol–water partition coefficient (Wildman–Crippen LogP) is 3.69. The van der Waals surface area contributed by atoms with Gasteiger partial charge in [0, 0.05) is 34.8 Å². The maximum Gasteiger partial charge on any atom is 0.0587 e. The number of benzene rings is 1. The number of hydrogen-bond donors (Lipinski definition) is 1. The van der Waals surface area contributed by atoms with Crippen molar-refractivity contribution in [3.63, 3.8) is 0 Å². The third kappa shape index (κ3) is 5.91. The zero-order valence-corrected chi connectivity index (χ0v) is 13.0. The van der Waals surface area contributed by atoms with E-state index in [-0.39, 0.29) is 0 Å². The molecule has 0 amide bonds. The van der Waals surface area contributed by atoms with Crippen molar-refractivity contribution in [2.24, 2.45) is 0 Å². The number of ether oxygens (including phenoxy) is 1. The van der Waals surface area contributed by atoms with E-state index in [2.05, 4.69) is 53.3 Å². The largest absolute Gasteiger partial charge is 0.383 e. The Balaban J connectivity index is 2.62. The summed E-state index contributed by atoms with van der Waals surface area (Å²) in [5.74, 6) is 0. The minimum absolute atomic E-state index is 0.599. The van der Waals surface area contributed by atoms with Gasteiger partial charge in [-0.05, 0) is 17.7 Å². The number of thioether (sulfide) groups is 1. The fourth-order valence-electron chi connectivity index (χ4n) is 1.44. The number of hydrogen-bond acceptors (Lipinski definition) is 3. The first-order chi connectivity index (χ1) is 8.13. The molecule has 0 unspecified atom stereocenters. The van der Waals surface area contributed by atoms with Crippen molar-refractivity contribution < 1.29 is 4.74 Å². The smallest absolute Gasteiger partial charge is 0.0587 e. The van der Waals surface area contributed by atoms with Gasteiger partial charge in [-0.2, -0.15) is 0 Å². The minimum Gasteiger partial charge on any atom is -0.383 e. The molecular formula is C13H20BrNOS. The van der Waals surface area contributed by atoms with Gasteiger partial charge >= 0.3 is 0 Å². The Morgan fingerprint density at radius 1 is 1.41 bits per heavy atom. The van der Waals surface area contributed by atoms with Gasteiger partial charge in [0.15, 0.2) is 0 Å². The summed E-state index contributed by atoms with van der Waals surface area (Å²) in [5.41, 5.74) is 1.35. The first-order valence-electron chi connectivity index (χ1n) is 5.78. The SMILES string of the molecule is COCCNCc1ccc(Br)cc1SC(C)C. The summed E-state index contributed by atoms with van der Waals surface area (Å²) in [4.78, 5) is 1.35. The lowest BCUT2D eigenvalue weighted by molar-refractivity contribution is 0.199. The Bertz CT molecular complexity index is 344. The van der Waals surface area contributed by atoms with E-state index < -0.39 is 0 Å². The van der Waals surface area contributed by atoms with Crippen LogP contribution in [0.25, 0.3) is 0 Å². The quantitative estimate of drug-likeness (QED) is 0.612. The summed E-state index contributed by atoms with van der Waals surface area (Å²) in [7, 11) is 1.72. The fourth-order valence-corrected chi connectivity index (χ4v) is 2.94. The zero-order valence-electron chi connectivity index (χ0n) is 10.6. The summed E-state index contributed by atoms with van der Waals surface area (Å²) in [5, 5.41) is 3.98. The summed E-state index contributed by atoms with van der Waals surface area (Å²) in [6.45, 7) is 6.97. The van der Waals surface area contributed by atoms with E-state index in [4.69, 9.17) is 4.74 Å². The van der Waals surface area contributed by atoms with Crippen molar-refractivity contribution in [1.29, 1.82) is 0 Å². The first-order valence-corrected chi connectivity index (χ1v) is 7.45. The van der Waals surface area contributed by atoms with Crippen LogP contribution in [0.1, 0.15) is 19.4 Å². The van der Waals surface area contributed by atoms with E-state index in [0.29, 0.717) is 5.25 Å². The molecule has 0 radical (unpaired) electrons. The number of nitrogens with one attached hydrogen (secondary N) is 1. The molecule has 1 rings (SSSR count). The molecule has 0 aliphatic carbocycles. The van der Waals surface area contributed by atoms with Crippen LogP contribution in [0, 0.1) is 0 Å². The van der Waals surface area contributed by atoms with Crippen molar-refractivity contribution in [1.82, 2.24) is 5.32 Å². The highest BCUT2D eigenvalue weighted by Crippen LogP contribution is 2.29. The Kier molecular flexibility index (Phi) is 7.19. The van der Waals surface area contributed by atoms with Crippen LogP contribution < -0.4 is 5.32 Å². The Morgan fingerprint density at radius 2 is 2.18 bits per heavy atom. The molecule has 0 aromatic heterocycles. The zero-order chi connectivity index (χ0) is 12.7. The van der Waals surface area contributed by atoms with Crippen molar-refractivity contribution in [2.45, 2.75) is 30.5 Å². The molecule has 2 nitrogen and oxygen atoms in total. The van der Waals surface area contributed by atoms with Gasteiger partial charge in [0.25, 0.3) is 0 Å². The molecule has 4 heteroatoms. The van der Waals surface area contributed by atoms with Crippen LogP contribution in [0.2, 0.25) is 0 Å². The van der Waals surface area contributed by atoms with Gasteiger partial charge in [-0.15, -0.1) is 11.8 Å². The van der Waals surface area contributed by atoms with Crippen molar-refractivity contribution in [2.75, 3.05) is 20.3 Å². The van der Waals surface area contributed by atoms with Gasteiger partial charge in [-0.1, -0.05) is 35.8 Å². The maximum atomic E-state index is 5.02. The van der Waals surface area contributed by atoms with E-state index >= 15 is 0 Å². The van der Waals surface area contributed by atoms with Crippen molar-refractivity contribution in [3.05, 3.63) is 28.2 Å². The molecule has 17 heavy (non-hydrogen) atoms. The lowest BCUT2D eigenvalue weighted by Crippen LogP contribution is -2.19. The summed E-state index contributed by atoms with van der Waals surface area (Å²) >= 11 is 5.43. The summed E-state index contributed by atoms with van der Waals surface area (Å²) in [6, 6.07) is 6.46. The van der Waals surface area contributed by atoms with E-state index in [9.17, 15) is 0 Å². The van der Waals surface area contributed by atoms with Gasteiger partial charge in [0.1, 0.15) is 0 Å². The van der Waals surface area contributed by atoms with E-state index in [0.717, 1.165) is 24.2 Å². The Morgan fingerprint density at radius 3 is 2.82 bits per heavy atom. The molecule has 0 saturated carbocycles. The van der Waals surface area contributed by atoms with Gasteiger partial charge in [0.05, 0.1) is 6.61 Å². The molecule has 0 aliphatic rings. The number of methoxy groups -OCH3 is 1. The van der Waals surface area contributed by atoms with Crippen molar-refractivity contribution in [3.8, 4) is 0 Å². The Labute approximate surface area is 117 Å². The molecule has 0 aliphatic heterocycles. The van der Waals surface area contributed by atoms with Crippen LogP contribution >= 0.6 is 27.7 Å². The number of halogens is 1. The Hall–Kier alpha value is -0.0300. The van der Waals surface area contributed by atoms with Crippen molar-refractivity contribution >= 4 is 27.7 Å². The van der Waals surface area contributed by atoms with E-state index in [1.807, 2.05) is 11.8 Å².